The highest BCUT2D eigenvalue weighted by atomic mass is 32.2. The van der Waals surface area contributed by atoms with Crippen LogP contribution in [0.25, 0.3) is 0 Å². The molecule has 0 amide bonds. The van der Waals surface area contributed by atoms with Gasteiger partial charge in [-0.1, -0.05) is 35.2 Å². The fraction of sp³-hybridized carbons (Fsp3) is 0.273. The molecule has 84 valence electrons. The van der Waals surface area contributed by atoms with E-state index < -0.39 is 0 Å². The summed E-state index contributed by atoms with van der Waals surface area (Å²) in [6, 6.07) is 8.92. The van der Waals surface area contributed by atoms with Crippen molar-refractivity contribution in [2.75, 3.05) is 7.05 Å². The van der Waals surface area contributed by atoms with E-state index in [1.54, 1.807) is 28.6 Å². The van der Waals surface area contributed by atoms with Crippen LogP contribution in [-0.4, -0.2) is 17.2 Å². The molecule has 0 spiro atoms. The van der Waals surface area contributed by atoms with Crippen LogP contribution in [0.1, 0.15) is 18.5 Å². The Balaban J connectivity index is 2.07. The summed E-state index contributed by atoms with van der Waals surface area (Å²) in [5.74, 6) is 0. The third kappa shape index (κ3) is 2.81. The molecule has 0 fully saturated rings. The van der Waals surface area contributed by atoms with Gasteiger partial charge in [-0.3, -0.25) is 0 Å². The molecule has 0 saturated heterocycles. The molecule has 2 rings (SSSR count). The third-order valence-corrected chi connectivity index (χ3v) is 4.14. The lowest BCUT2D eigenvalue weighted by Gasteiger charge is -2.10. The summed E-state index contributed by atoms with van der Waals surface area (Å²) < 4.78 is 0.981. The zero-order chi connectivity index (χ0) is 11.4. The van der Waals surface area contributed by atoms with Gasteiger partial charge in [0.05, 0.1) is 0 Å². The van der Waals surface area contributed by atoms with Gasteiger partial charge in [-0.05, 0) is 31.7 Å². The van der Waals surface area contributed by atoms with Crippen molar-refractivity contribution in [3.63, 3.8) is 0 Å². The quantitative estimate of drug-likeness (QED) is 0.906. The molecule has 1 unspecified atom stereocenters. The van der Waals surface area contributed by atoms with Crippen molar-refractivity contribution in [1.29, 1.82) is 0 Å². The average Bonchev–Trinajstić information content (AvgIpc) is 2.82. The van der Waals surface area contributed by atoms with Gasteiger partial charge >= 0.3 is 0 Å². The maximum atomic E-state index is 4.00. The van der Waals surface area contributed by atoms with Gasteiger partial charge in [-0.2, -0.15) is 0 Å². The largest absolute Gasteiger partial charge is 0.313 e. The molecule has 1 N–H and O–H groups in total. The normalized spacial score (nSPS) is 12.6. The number of rotatable bonds is 4. The first kappa shape index (κ1) is 11.6. The zero-order valence-corrected chi connectivity index (χ0v) is 10.8. The van der Waals surface area contributed by atoms with E-state index in [1.165, 1.54) is 10.5 Å². The van der Waals surface area contributed by atoms with Gasteiger partial charge in [-0.25, -0.2) is 0 Å². The third-order valence-electron chi connectivity index (χ3n) is 2.36. The van der Waals surface area contributed by atoms with Crippen LogP contribution in [0.2, 0.25) is 0 Å². The second-order valence-corrected chi connectivity index (χ2v) is 5.54. The van der Waals surface area contributed by atoms with Crippen LogP contribution in [0.4, 0.5) is 0 Å². The molecule has 16 heavy (non-hydrogen) atoms. The highest BCUT2D eigenvalue weighted by molar-refractivity contribution is 8.01. The molecule has 0 aliphatic rings. The van der Waals surface area contributed by atoms with Crippen molar-refractivity contribution in [1.82, 2.24) is 15.5 Å². The Bertz CT molecular complexity index is 425. The Labute approximate surface area is 103 Å². The Kier molecular flexibility index (Phi) is 3.93. The molecule has 1 atom stereocenters. The van der Waals surface area contributed by atoms with Crippen LogP contribution in [0, 0.1) is 0 Å². The van der Waals surface area contributed by atoms with Gasteiger partial charge < -0.3 is 5.32 Å². The van der Waals surface area contributed by atoms with E-state index in [2.05, 4.69) is 46.7 Å². The molecule has 1 aromatic heterocycles. The number of hydrogen-bond acceptors (Lipinski definition) is 5. The number of hydrogen-bond donors (Lipinski definition) is 1. The van der Waals surface area contributed by atoms with E-state index >= 15 is 0 Å². The van der Waals surface area contributed by atoms with Crippen LogP contribution in [0.15, 0.2) is 39.0 Å². The molecular formula is C11H13N3S2. The Morgan fingerprint density at radius 2 is 2.06 bits per heavy atom. The lowest BCUT2D eigenvalue weighted by molar-refractivity contribution is 0.652. The van der Waals surface area contributed by atoms with Gasteiger partial charge in [0, 0.05) is 10.9 Å². The van der Waals surface area contributed by atoms with Crippen molar-refractivity contribution < 1.29 is 0 Å². The van der Waals surface area contributed by atoms with Crippen LogP contribution in [-0.2, 0) is 0 Å². The molecule has 1 heterocycles. The van der Waals surface area contributed by atoms with E-state index in [0.29, 0.717) is 6.04 Å². The van der Waals surface area contributed by atoms with Crippen molar-refractivity contribution in [2.24, 2.45) is 0 Å². The second kappa shape index (κ2) is 5.43. The number of benzene rings is 1. The van der Waals surface area contributed by atoms with Gasteiger partial charge in [0.2, 0.25) is 0 Å². The molecule has 0 aliphatic heterocycles. The minimum Gasteiger partial charge on any atom is -0.313 e. The fourth-order valence-corrected chi connectivity index (χ4v) is 2.75. The summed E-state index contributed by atoms with van der Waals surface area (Å²) >= 11 is 3.21. The van der Waals surface area contributed by atoms with Crippen molar-refractivity contribution >= 4 is 23.1 Å². The topological polar surface area (TPSA) is 37.8 Å². The second-order valence-electron chi connectivity index (χ2n) is 3.39. The molecule has 1 aromatic carbocycles. The summed E-state index contributed by atoms with van der Waals surface area (Å²) in [6.45, 7) is 2.15. The molecule has 0 bridgehead atoms. The summed E-state index contributed by atoms with van der Waals surface area (Å²) in [5, 5.41) is 11.0. The van der Waals surface area contributed by atoms with Crippen LogP contribution in [0.5, 0.6) is 0 Å². The summed E-state index contributed by atoms with van der Waals surface area (Å²) in [5.41, 5.74) is 3.05. The van der Waals surface area contributed by atoms with Crippen LogP contribution >= 0.6 is 23.1 Å². The summed E-state index contributed by atoms with van der Waals surface area (Å²) in [4.78, 5) is 1.20. The molecule has 5 heteroatoms. The molecule has 0 aliphatic carbocycles. The smallest absolute Gasteiger partial charge is 0.178 e. The van der Waals surface area contributed by atoms with Gasteiger partial charge in [-0.15, -0.1) is 10.2 Å². The minimum atomic E-state index is 0.389. The Hall–Kier alpha value is -0.910. The number of nitrogens with one attached hydrogen (secondary N) is 1. The average molecular weight is 251 g/mol. The zero-order valence-electron chi connectivity index (χ0n) is 9.18. The summed E-state index contributed by atoms with van der Waals surface area (Å²) in [7, 11) is 1.97. The molecule has 0 saturated carbocycles. The maximum Gasteiger partial charge on any atom is 0.178 e. The highest BCUT2D eigenvalue weighted by Crippen LogP contribution is 2.29. The maximum absolute atomic E-state index is 4.00. The monoisotopic (exact) mass is 251 g/mol. The van der Waals surface area contributed by atoms with Crippen molar-refractivity contribution in [2.45, 2.75) is 22.2 Å². The predicted molar refractivity (Wildman–Crippen MR) is 67.9 cm³/mol. The van der Waals surface area contributed by atoms with E-state index in [1.807, 2.05) is 7.05 Å². The molecule has 0 radical (unpaired) electrons. The van der Waals surface area contributed by atoms with E-state index in [4.69, 9.17) is 0 Å². The van der Waals surface area contributed by atoms with Crippen LogP contribution in [0.3, 0.4) is 0 Å². The summed E-state index contributed by atoms with van der Waals surface area (Å²) in [6.07, 6.45) is 0. The first-order chi connectivity index (χ1) is 7.79. The lowest BCUT2D eigenvalue weighted by atomic mass is 10.1. The minimum absolute atomic E-state index is 0.389. The Morgan fingerprint density at radius 3 is 2.62 bits per heavy atom. The van der Waals surface area contributed by atoms with Crippen LogP contribution < -0.4 is 5.32 Å². The van der Waals surface area contributed by atoms with Gasteiger partial charge in [0.25, 0.3) is 0 Å². The van der Waals surface area contributed by atoms with Crippen molar-refractivity contribution in [3.8, 4) is 0 Å². The van der Waals surface area contributed by atoms with E-state index in [9.17, 15) is 0 Å². The first-order valence-corrected chi connectivity index (χ1v) is 6.70. The molecule has 2 aromatic rings. The van der Waals surface area contributed by atoms with Crippen molar-refractivity contribution in [3.05, 3.63) is 35.3 Å². The fourth-order valence-electron chi connectivity index (χ4n) is 1.30. The standard InChI is InChI=1S/C11H13N3S2/c1-8(12-2)9-3-5-10(6-4-9)16-11-14-13-7-15-11/h3-8,12H,1-2H3. The van der Waals surface area contributed by atoms with E-state index in [-0.39, 0.29) is 0 Å². The number of nitrogens with zero attached hydrogens (tertiary/aromatic N) is 2. The predicted octanol–water partition coefficient (Wildman–Crippen LogP) is 2.97. The SMILES string of the molecule is CNC(C)c1ccc(Sc2nncs2)cc1. The first-order valence-electron chi connectivity index (χ1n) is 5.01. The highest BCUT2D eigenvalue weighted by Gasteiger charge is 2.04. The van der Waals surface area contributed by atoms with Gasteiger partial charge in [0.1, 0.15) is 5.51 Å². The van der Waals surface area contributed by atoms with Gasteiger partial charge in [0.15, 0.2) is 4.34 Å². The Morgan fingerprint density at radius 1 is 1.31 bits per heavy atom. The number of aromatic nitrogens is 2. The lowest BCUT2D eigenvalue weighted by Crippen LogP contribution is -2.11. The molecular weight excluding hydrogens is 238 g/mol. The molecule has 3 nitrogen and oxygen atoms in total. The van der Waals surface area contributed by atoms with E-state index in [0.717, 1.165) is 4.34 Å².